The van der Waals surface area contributed by atoms with E-state index in [1.54, 1.807) is 19.3 Å². The van der Waals surface area contributed by atoms with E-state index in [1.807, 2.05) is 23.0 Å². The van der Waals surface area contributed by atoms with Crippen LogP contribution in [0, 0.1) is 0 Å². The third-order valence-electron chi connectivity index (χ3n) is 2.79. The van der Waals surface area contributed by atoms with Gasteiger partial charge in [0, 0.05) is 18.9 Å². The van der Waals surface area contributed by atoms with Crippen LogP contribution in [0.5, 0.6) is 0 Å². The van der Waals surface area contributed by atoms with Gasteiger partial charge in [0.15, 0.2) is 0 Å². The van der Waals surface area contributed by atoms with Gasteiger partial charge in [0.1, 0.15) is 5.69 Å². The van der Waals surface area contributed by atoms with Crippen LogP contribution >= 0.6 is 0 Å². The van der Waals surface area contributed by atoms with E-state index in [0.29, 0.717) is 18.8 Å². The maximum atomic E-state index is 11.7. The molecule has 0 amide bonds. The van der Waals surface area contributed by atoms with Crippen molar-refractivity contribution in [2.24, 2.45) is 0 Å². The predicted molar refractivity (Wildman–Crippen MR) is 67.4 cm³/mol. The molecule has 0 aromatic carbocycles. The van der Waals surface area contributed by atoms with Crippen LogP contribution in [-0.2, 0) is 17.8 Å². The van der Waals surface area contributed by atoms with Crippen LogP contribution in [0.15, 0.2) is 30.9 Å². The Labute approximate surface area is 106 Å². The molecule has 0 spiro atoms. The topological polar surface area (TPSA) is 49.1 Å². The summed E-state index contributed by atoms with van der Waals surface area (Å²) in [6, 6.07) is 3.61. The summed E-state index contributed by atoms with van der Waals surface area (Å²) in [6.45, 7) is 5.74. The molecule has 0 aliphatic rings. The second kappa shape index (κ2) is 5.53. The van der Waals surface area contributed by atoms with E-state index < -0.39 is 0 Å². The Morgan fingerprint density at radius 2 is 2.22 bits per heavy atom. The summed E-state index contributed by atoms with van der Waals surface area (Å²) in [4.78, 5) is 15.9. The number of aryl methyl sites for hydroxylation is 1. The van der Waals surface area contributed by atoms with E-state index in [2.05, 4.69) is 16.5 Å². The molecule has 0 saturated heterocycles. The second-order valence-electron chi connectivity index (χ2n) is 3.91. The molecule has 5 heteroatoms. The molecule has 2 rings (SSSR count). The molecular formula is C13H17N3O2. The summed E-state index contributed by atoms with van der Waals surface area (Å²) in [6.07, 6.45) is 5.49. The lowest BCUT2D eigenvalue weighted by molar-refractivity contribution is 0.0514. The molecule has 2 heterocycles. The average Bonchev–Trinajstić information content (AvgIpc) is 2.98. The highest BCUT2D eigenvalue weighted by Crippen LogP contribution is 2.09. The first kappa shape index (κ1) is 12.4. The van der Waals surface area contributed by atoms with Gasteiger partial charge in [-0.1, -0.05) is 0 Å². The molecule has 0 unspecified atom stereocenters. The zero-order chi connectivity index (χ0) is 13.0. The van der Waals surface area contributed by atoms with Crippen molar-refractivity contribution < 1.29 is 9.53 Å². The molecule has 0 fully saturated rings. The van der Waals surface area contributed by atoms with Gasteiger partial charge >= 0.3 is 5.97 Å². The van der Waals surface area contributed by atoms with Crippen molar-refractivity contribution in [2.75, 3.05) is 6.61 Å². The molecule has 0 saturated carbocycles. The largest absolute Gasteiger partial charge is 0.461 e. The Kier molecular flexibility index (Phi) is 3.82. The highest BCUT2D eigenvalue weighted by atomic mass is 16.5. The van der Waals surface area contributed by atoms with Crippen LogP contribution < -0.4 is 0 Å². The number of ether oxygens (including phenoxy) is 1. The summed E-state index contributed by atoms with van der Waals surface area (Å²) in [5, 5.41) is 0. The zero-order valence-electron chi connectivity index (χ0n) is 10.7. The number of hydrogen-bond donors (Lipinski definition) is 0. The molecule has 0 aliphatic carbocycles. The van der Waals surface area contributed by atoms with Gasteiger partial charge in [-0.2, -0.15) is 0 Å². The van der Waals surface area contributed by atoms with Gasteiger partial charge in [-0.05, 0) is 26.0 Å². The van der Waals surface area contributed by atoms with Crippen LogP contribution in [0.1, 0.15) is 30.0 Å². The fraction of sp³-hybridized carbons (Fsp3) is 0.385. The minimum atomic E-state index is -0.287. The number of imidazole rings is 1. The number of hydrogen-bond acceptors (Lipinski definition) is 3. The van der Waals surface area contributed by atoms with E-state index in [9.17, 15) is 4.79 Å². The van der Waals surface area contributed by atoms with E-state index >= 15 is 0 Å². The van der Waals surface area contributed by atoms with Gasteiger partial charge < -0.3 is 13.9 Å². The molecule has 0 atom stereocenters. The van der Waals surface area contributed by atoms with E-state index in [1.165, 1.54) is 0 Å². The minimum absolute atomic E-state index is 0.287. The molecular weight excluding hydrogens is 230 g/mol. The Morgan fingerprint density at radius 3 is 2.94 bits per heavy atom. The number of carbonyl (C=O) groups is 1. The molecule has 96 valence electrons. The highest BCUT2D eigenvalue weighted by Gasteiger charge is 2.12. The molecule has 0 radical (unpaired) electrons. The Hall–Kier alpha value is -2.04. The maximum Gasteiger partial charge on any atom is 0.354 e. The summed E-state index contributed by atoms with van der Waals surface area (Å²) in [5.41, 5.74) is 1.64. The van der Waals surface area contributed by atoms with E-state index in [-0.39, 0.29) is 5.97 Å². The van der Waals surface area contributed by atoms with Crippen molar-refractivity contribution in [1.29, 1.82) is 0 Å². The molecule has 2 aromatic heterocycles. The monoisotopic (exact) mass is 247 g/mol. The van der Waals surface area contributed by atoms with Gasteiger partial charge in [-0.15, -0.1) is 0 Å². The molecule has 2 aromatic rings. The lowest BCUT2D eigenvalue weighted by atomic mass is 10.4. The number of aromatic nitrogens is 3. The first-order chi connectivity index (χ1) is 8.76. The van der Waals surface area contributed by atoms with Crippen LogP contribution in [-0.4, -0.2) is 26.7 Å². The molecule has 18 heavy (non-hydrogen) atoms. The summed E-state index contributed by atoms with van der Waals surface area (Å²) < 4.78 is 8.95. The number of carbonyl (C=O) groups excluding carboxylic acids is 1. The van der Waals surface area contributed by atoms with Crippen molar-refractivity contribution in [3.8, 4) is 0 Å². The van der Waals surface area contributed by atoms with Crippen molar-refractivity contribution in [2.45, 2.75) is 26.9 Å². The summed E-state index contributed by atoms with van der Waals surface area (Å²) in [5.74, 6) is -0.287. The Bertz CT molecular complexity index is 528. The summed E-state index contributed by atoms with van der Waals surface area (Å²) >= 11 is 0. The SMILES string of the molecule is CCOC(=O)c1cccn1Cc1cncn1CC. The quantitative estimate of drug-likeness (QED) is 0.758. The number of rotatable bonds is 5. The van der Waals surface area contributed by atoms with Gasteiger partial charge in [-0.25, -0.2) is 9.78 Å². The predicted octanol–water partition coefficient (Wildman–Crippen LogP) is 1.93. The van der Waals surface area contributed by atoms with Crippen molar-refractivity contribution >= 4 is 5.97 Å². The Balaban J connectivity index is 2.20. The third kappa shape index (κ3) is 2.45. The Morgan fingerprint density at radius 1 is 1.39 bits per heavy atom. The first-order valence-corrected chi connectivity index (χ1v) is 6.07. The fourth-order valence-electron chi connectivity index (χ4n) is 1.88. The fourth-order valence-corrected chi connectivity index (χ4v) is 1.88. The average molecular weight is 247 g/mol. The van der Waals surface area contributed by atoms with Gasteiger partial charge in [0.05, 0.1) is 25.2 Å². The molecule has 0 aliphatic heterocycles. The van der Waals surface area contributed by atoms with Crippen LogP contribution in [0.25, 0.3) is 0 Å². The van der Waals surface area contributed by atoms with Gasteiger partial charge in [-0.3, -0.25) is 0 Å². The normalized spacial score (nSPS) is 10.6. The van der Waals surface area contributed by atoms with Crippen LogP contribution in [0.4, 0.5) is 0 Å². The van der Waals surface area contributed by atoms with E-state index in [4.69, 9.17) is 4.74 Å². The van der Waals surface area contributed by atoms with Crippen molar-refractivity contribution in [1.82, 2.24) is 14.1 Å². The van der Waals surface area contributed by atoms with Crippen LogP contribution in [0.3, 0.4) is 0 Å². The zero-order valence-corrected chi connectivity index (χ0v) is 10.7. The van der Waals surface area contributed by atoms with Gasteiger partial charge in [0.2, 0.25) is 0 Å². The second-order valence-corrected chi connectivity index (χ2v) is 3.91. The molecule has 0 N–H and O–H groups in total. The maximum absolute atomic E-state index is 11.7. The number of nitrogens with zero attached hydrogens (tertiary/aromatic N) is 3. The third-order valence-corrected chi connectivity index (χ3v) is 2.79. The molecule has 0 bridgehead atoms. The smallest absolute Gasteiger partial charge is 0.354 e. The van der Waals surface area contributed by atoms with Crippen LogP contribution in [0.2, 0.25) is 0 Å². The lowest BCUT2D eigenvalue weighted by Gasteiger charge is -2.10. The van der Waals surface area contributed by atoms with Gasteiger partial charge in [0.25, 0.3) is 0 Å². The lowest BCUT2D eigenvalue weighted by Crippen LogP contribution is -2.14. The summed E-state index contributed by atoms with van der Waals surface area (Å²) in [7, 11) is 0. The molecule has 5 nitrogen and oxygen atoms in total. The first-order valence-electron chi connectivity index (χ1n) is 6.07. The highest BCUT2D eigenvalue weighted by molar-refractivity contribution is 5.87. The number of esters is 1. The minimum Gasteiger partial charge on any atom is -0.461 e. The van der Waals surface area contributed by atoms with Crippen molar-refractivity contribution in [3.63, 3.8) is 0 Å². The van der Waals surface area contributed by atoms with Crippen molar-refractivity contribution in [3.05, 3.63) is 42.2 Å². The van der Waals surface area contributed by atoms with E-state index in [0.717, 1.165) is 12.2 Å². The standard InChI is InChI=1S/C13H17N3O2/c1-3-15-10-14-8-11(15)9-16-7-5-6-12(16)13(17)18-4-2/h5-8,10H,3-4,9H2,1-2H3.